The van der Waals surface area contributed by atoms with Gasteiger partial charge in [0.05, 0.1) is 0 Å². The second kappa shape index (κ2) is 12.5. The zero-order valence-corrected chi connectivity index (χ0v) is 20.4. The molecule has 31 heavy (non-hydrogen) atoms. The van der Waals surface area contributed by atoms with Crippen molar-refractivity contribution in [1.29, 1.82) is 0 Å². The Kier molecular flexibility index (Phi) is 10.0. The normalized spacial score (nSPS) is 14.1. The van der Waals surface area contributed by atoms with Gasteiger partial charge in [-0.25, -0.2) is 4.39 Å². The van der Waals surface area contributed by atoms with Crippen LogP contribution in [0.1, 0.15) is 17.5 Å². The minimum Gasteiger partial charge on any atom is -0.368 e. The summed E-state index contributed by atoms with van der Waals surface area (Å²) in [6.45, 7) is 5.98. The first-order chi connectivity index (χ1) is 14.6. The van der Waals surface area contributed by atoms with Crippen molar-refractivity contribution in [2.45, 2.75) is 19.9 Å². The molecule has 1 aliphatic rings. The second-order valence-electron chi connectivity index (χ2n) is 7.39. The summed E-state index contributed by atoms with van der Waals surface area (Å²) >= 11 is 0. The van der Waals surface area contributed by atoms with Crippen LogP contribution in [-0.4, -0.2) is 56.5 Å². The number of piperazine rings is 1. The van der Waals surface area contributed by atoms with E-state index in [4.69, 9.17) is 0 Å². The number of halogens is 2. The van der Waals surface area contributed by atoms with E-state index >= 15 is 0 Å². The van der Waals surface area contributed by atoms with Crippen molar-refractivity contribution in [3.8, 4) is 0 Å². The molecule has 0 saturated carbocycles. The average Bonchev–Trinajstić information content (AvgIpc) is 2.79. The summed E-state index contributed by atoms with van der Waals surface area (Å²) in [5.41, 5.74) is 2.80. The Morgan fingerprint density at radius 2 is 1.77 bits per heavy atom. The highest BCUT2D eigenvalue weighted by molar-refractivity contribution is 14.0. The third-order valence-electron chi connectivity index (χ3n) is 5.29. The fourth-order valence-corrected chi connectivity index (χ4v) is 3.52. The summed E-state index contributed by atoms with van der Waals surface area (Å²) in [4.78, 5) is 21.0. The smallest absolute Gasteiger partial charge is 0.224 e. The molecule has 1 fully saturated rings. The highest BCUT2D eigenvalue weighted by atomic mass is 127. The number of guanidine groups is 1. The molecule has 0 atom stereocenters. The Morgan fingerprint density at radius 1 is 1.06 bits per heavy atom. The van der Waals surface area contributed by atoms with Crippen LogP contribution in [0.5, 0.6) is 0 Å². The largest absolute Gasteiger partial charge is 0.368 e. The van der Waals surface area contributed by atoms with Crippen LogP contribution in [0.3, 0.4) is 0 Å². The van der Waals surface area contributed by atoms with Gasteiger partial charge in [-0.05, 0) is 36.2 Å². The maximum absolute atomic E-state index is 13.4. The monoisotopic (exact) mass is 539 g/mol. The van der Waals surface area contributed by atoms with Crippen molar-refractivity contribution < 1.29 is 9.18 Å². The molecule has 1 aliphatic heterocycles. The van der Waals surface area contributed by atoms with Gasteiger partial charge >= 0.3 is 0 Å². The highest BCUT2D eigenvalue weighted by Gasteiger charge is 2.20. The number of benzene rings is 2. The Labute approximate surface area is 200 Å². The van der Waals surface area contributed by atoms with Gasteiger partial charge in [-0.3, -0.25) is 9.79 Å². The van der Waals surface area contributed by atoms with Crippen molar-refractivity contribution in [1.82, 2.24) is 15.5 Å². The molecule has 1 amide bonds. The number of nitrogens with one attached hydrogen (secondary N) is 2. The van der Waals surface area contributed by atoms with E-state index < -0.39 is 0 Å². The van der Waals surface area contributed by atoms with Gasteiger partial charge in [0.15, 0.2) is 5.96 Å². The lowest BCUT2D eigenvalue weighted by molar-refractivity contribution is -0.131. The first kappa shape index (κ1) is 24.9. The van der Waals surface area contributed by atoms with Gasteiger partial charge in [-0.1, -0.05) is 30.3 Å². The van der Waals surface area contributed by atoms with Gasteiger partial charge in [0.1, 0.15) is 5.82 Å². The molecule has 168 valence electrons. The lowest BCUT2D eigenvalue weighted by atomic mass is 10.1. The van der Waals surface area contributed by atoms with Crippen molar-refractivity contribution in [3.63, 3.8) is 0 Å². The molecule has 0 unspecified atom stereocenters. The van der Waals surface area contributed by atoms with Gasteiger partial charge in [0.2, 0.25) is 5.91 Å². The molecule has 2 aromatic rings. The van der Waals surface area contributed by atoms with Gasteiger partial charge in [-0.2, -0.15) is 0 Å². The van der Waals surface area contributed by atoms with Crippen molar-refractivity contribution in [2.75, 3.05) is 44.7 Å². The first-order valence-electron chi connectivity index (χ1n) is 10.3. The Morgan fingerprint density at radius 3 is 2.42 bits per heavy atom. The highest BCUT2D eigenvalue weighted by Crippen LogP contribution is 2.15. The van der Waals surface area contributed by atoms with E-state index in [-0.39, 0.29) is 35.7 Å². The quantitative estimate of drug-likeness (QED) is 0.337. The van der Waals surface area contributed by atoms with Gasteiger partial charge in [-0.15, -0.1) is 24.0 Å². The number of hydrogen-bond acceptors (Lipinski definition) is 3. The number of nitrogens with zero attached hydrogens (tertiary/aromatic N) is 3. The predicted octanol–water partition coefficient (Wildman–Crippen LogP) is 3.16. The maximum atomic E-state index is 13.4. The molecular weight excluding hydrogens is 508 g/mol. The number of rotatable bonds is 6. The number of aliphatic imine (C=N–C) groups is 1. The number of hydrogen-bond donors (Lipinski definition) is 2. The molecule has 0 radical (unpaired) electrons. The molecule has 8 heteroatoms. The molecule has 0 aromatic heterocycles. The summed E-state index contributed by atoms with van der Waals surface area (Å²) in [7, 11) is 1.69. The number of carbonyl (C=O) groups excluding carboxylic acids is 1. The van der Waals surface area contributed by atoms with E-state index in [1.807, 2.05) is 29.2 Å². The van der Waals surface area contributed by atoms with Crippen LogP contribution in [-0.2, 0) is 11.3 Å². The van der Waals surface area contributed by atoms with Crippen molar-refractivity contribution in [3.05, 3.63) is 65.5 Å². The standard InChI is InChI=1S/C23H30FN5O.HI/c1-18-16-19(8-9-21(18)24)17-27-23(25-2)26-11-10-22(30)29-14-12-28(13-15-29)20-6-4-3-5-7-20;/h3-9,16H,10-15,17H2,1-2H3,(H2,25,26,27);1H. The van der Waals surface area contributed by atoms with Crippen molar-refractivity contribution in [2.24, 2.45) is 4.99 Å². The van der Waals surface area contributed by atoms with Crippen LogP contribution in [0.25, 0.3) is 0 Å². The molecule has 2 aromatic carbocycles. The maximum Gasteiger partial charge on any atom is 0.224 e. The zero-order valence-electron chi connectivity index (χ0n) is 18.1. The van der Waals surface area contributed by atoms with E-state index in [0.29, 0.717) is 31.0 Å². The summed E-state index contributed by atoms with van der Waals surface area (Å²) in [5, 5.41) is 6.37. The van der Waals surface area contributed by atoms with Crippen molar-refractivity contribution >= 4 is 41.5 Å². The lowest BCUT2D eigenvalue weighted by Gasteiger charge is -2.36. The lowest BCUT2D eigenvalue weighted by Crippen LogP contribution is -2.49. The Balaban J connectivity index is 0.00000341. The fraction of sp³-hybridized carbons (Fsp3) is 0.391. The molecule has 1 heterocycles. The van der Waals surface area contributed by atoms with Crippen LogP contribution in [0, 0.1) is 12.7 Å². The Bertz CT molecular complexity index is 870. The molecule has 6 nitrogen and oxygen atoms in total. The number of carbonyl (C=O) groups is 1. The molecular formula is C23H31FIN5O. The van der Waals surface area contributed by atoms with E-state index in [2.05, 4.69) is 32.7 Å². The molecule has 0 aliphatic carbocycles. The van der Waals surface area contributed by atoms with Crippen LogP contribution in [0.15, 0.2) is 53.5 Å². The third-order valence-corrected chi connectivity index (χ3v) is 5.29. The Hall–Kier alpha value is -2.36. The summed E-state index contributed by atoms with van der Waals surface area (Å²) in [6, 6.07) is 15.3. The minimum absolute atomic E-state index is 0. The number of aryl methyl sites for hydroxylation is 1. The molecule has 0 spiro atoms. The molecule has 0 bridgehead atoms. The second-order valence-corrected chi connectivity index (χ2v) is 7.39. The van der Waals surface area contributed by atoms with Crippen LogP contribution >= 0.6 is 24.0 Å². The summed E-state index contributed by atoms with van der Waals surface area (Å²) < 4.78 is 13.4. The van der Waals surface area contributed by atoms with Gasteiger partial charge in [0, 0.05) is 58.4 Å². The fourth-order valence-electron chi connectivity index (χ4n) is 3.52. The minimum atomic E-state index is -0.204. The summed E-state index contributed by atoms with van der Waals surface area (Å²) in [6.07, 6.45) is 0.418. The third kappa shape index (κ3) is 7.37. The van der Waals surface area contributed by atoms with E-state index in [1.165, 1.54) is 11.8 Å². The van der Waals surface area contributed by atoms with Crippen LogP contribution < -0.4 is 15.5 Å². The molecule has 2 N–H and O–H groups in total. The van der Waals surface area contributed by atoms with Gasteiger partial charge in [0.25, 0.3) is 0 Å². The average molecular weight is 539 g/mol. The van der Waals surface area contributed by atoms with Crippen LogP contribution in [0.2, 0.25) is 0 Å². The topological polar surface area (TPSA) is 60.0 Å². The number of amides is 1. The van der Waals surface area contributed by atoms with E-state index in [1.54, 1.807) is 20.0 Å². The van der Waals surface area contributed by atoms with E-state index in [0.717, 1.165) is 31.7 Å². The molecule has 3 rings (SSSR count). The van der Waals surface area contributed by atoms with Crippen LogP contribution in [0.4, 0.5) is 10.1 Å². The SMILES string of the molecule is CN=C(NCCC(=O)N1CCN(c2ccccc2)CC1)NCc1ccc(F)c(C)c1.I. The molecule has 1 saturated heterocycles. The van der Waals surface area contributed by atoms with Gasteiger partial charge < -0.3 is 20.4 Å². The predicted molar refractivity (Wildman–Crippen MR) is 135 cm³/mol. The first-order valence-corrected chi connectivity index (χ1v) is 10.3. The van der Waals surface area contributed by atoms with E-state index in [9.17, 15) is 9.18 Å². The number of anilines is 1. The zero-order chi connectivity index (χ0) is 21.3. The summed E-state index contributed by atoms with van der Waals surface area (Å²) in [5.74, 6) is 0.572. The number of para-hydroxylation sites is 1.